The monoisotopic (exact) mass is 497 g/mol. The Labute approximate surface area is 185 Å². The molecule has 0 radical (unpaired) electrons. The fourth-order valence-electron chi connectivity index (χ4n) is 3.30. The lowest BCUT2D eigenvalue weighted by Crippen LogP contribution is -2.38. The molecule has 7 heteroatoms. The molecule has 0 amide bonds. The average molecular weight is 497 g/mol. The van der Waals surface area contributed by atoms with E-state index in [1.165, 1.54) is 31.2 Å². The molecule has 2 aromatic rings. The van der Waals surface area contributed by atoms with E-state index in [1.807, 2.05) is 18.3 Å². The lowest BCUT2D eigenvalue weighted by atomic mass is 10.2. The number of hydrogen-bond donors (Lipinski definition) is 2. The molecule has 6 nitrogen and oxygen atoms in total. The van der Waals surface area contributed by atoms with Crippen molar-refractivity contribution in [3.8, 4) is 0 Å². The van der Waals surface area contributed by atoms with Gasteiger partial charge in [-0.05, 0) is 49.6 Å². The molecule has 2 N–H and O–H groups in total. The molecule has 0 aliphatic carbocycles. The van der Waals surface area contributed by atoms with E-state index in [0.717, 1.165) is 50.1 Å². The van der Waals surface area contributed by atoms with Gasteiger partial charge in [-0.15, -0.1) is 24.0 Å². The zero-order valence-electron chi connectivity index (χ0n) is 16.7. The van der Waals surface area contributed by atoms with Gasteiger partial charge in [0.1, 0.15) is 11.6 Å². The van der Waals surface area contributed by atoms with Crippen molar-refractivity contribution in [1.29, 1.82) is 0 Å². The predicted molar refractivity (Wildman–Crippen MR) is 126 cm³/mol. The number of furan rings is 1. The maximum Gasteiger partial charge on any atom is 0.191 e. The Morgan fingerprint density at radius 1 is 1.18 bits per heavy atom. The summed E-state index contributed by atoms with van der Waals surface area (Å²) in [5.74, 6) is 2.90. The lowest BCUT2D eigenvalue weighted by Gasteiger charge is -2.21. The van der Waals surface area contributed by atoms with Crippen LogP contribution in [0.15, 0.2) is 46.1 Å². The molecular weight excluding hydrogens is 465 g/mol. The number of aromatic nitrogens is 1. The van der Waals surface area contributed by atoms with Gasteiger partial charge in [-0.25, -0.2) is 9.98 Å². The summed E-state index contributed by atoms with van der Waals surface area (Å²) in [6.07, 6.45) is 9.63. The van der Waals surface area contributed by atoms with Crippen LogP contribution >= 0.6 is 24.0 Å². The predicted octanol–water partition coefficient (Wildman–Crippen LogP) is 3.97. The highest BCUT2D eigenvalue weighted by Gasteiger charge is 2.11. The Balaban J connectivity index is 0.00000280. The number of aliphatic imine (C=N–C) groups is 1. The number of guanidine groups is 1. The topological polar surface area (TPSA) is 65.7 Å². The number of halogens is 1. The minimum atomic E-state index is 0. The van der Waals surface area contributed by atoms with Crippen molar-refractivity contribution < 1.29 is 4.42 Å². The average Bonchev–Trinajstić information content (AvgIpc) is 3.06. The second kappa shape index (κ2) is 12.6. The van der Waals surface area contributed by atoms with Gasteiger partial charge in [0.2, 0.25) is 0 Å². The molecule has 3 rings (SSSR count). The van der Waals surface area contributed by atoms with Crippen LogP contribution in [-0.2, 0) is 13.0 Å². The molecule has 0 aromatic carbocycles. The van der Waals surface area contributed by atoms with E-state index in [0.29, 0.717) is 6.54 Å². The number of hydrogen-bond acceptors (Lipinski definition) is 4. The van der Waals surface area contributed by atoms with Gasteiger partial charge in [0, 0.05) is 38.8 Å². The van der Waals surface area contributed by atoms with E-state index < -0.39 is 0 Å². The van der Waals surface area contributed by atoms with Gasteiger partial charge in [-0.3, -0.25) is 0 Å². The van der Waals surface area contributed by atoms with Crippen LogP contribution in [0.5, 0.6) is 0 Å². The van der Waals surface area contributed by atoms with Gasteiger partial charge in [0.15, 0.2) is 5.96 Å². The summed E-state index contributed by atoms with van der Waals surface area (Å²) in [7, 11) is 0. The van der Waals surface area contributed by atoms with E-state index in [4.69, 9.17) is 9.41 Å². The number of nitrogens with one attached hydrogen (secondary N) is 2. The Morgan fingerprint density at radius 3 is 2.71 bits per heavy atom. The van der Waals surface area contributed by atoms with Gasteiger partial charge >= 0.3 is 0 Å². The molecule has 1 aliphatic rings. The first-order valence-electron chi connectivity index (χ1n) is 10.1. The smallest absolute Gasteiger partial charge is 0.191 e. The van der Waals surface area contributed by atoms with Crippen molar-refractivity contribution in [2.45, 2.75) is 45.6 Å². The van der Waals surface area contributed by atoms with Gasteiger partial charge in [0.25, 0.3) is 0 Å². The Bertz CT molecular complexity index is 697. The first-order chi connectivity index (χ1) is 13.3. The Morgan fingerprint density at radius 2 is 2.00 bits per heavy atom. The summed E-state index contributed by atoms with van der Waals surface area (Å²) in [5, 5.41) is 6.67. The summed E-state index contributed by atoms with van der Waals surface area (Å²) in [5.41, 5.74) is 1.19. The van der Waals surface area contributed by atoms with Crippen LogP contribution < -0.4 is 15.5 Å². The molecular formula is C21H32IN5O. The molecule has 1 aliphatic heterocycles. The standard InChI is InChI=1S/C21H31N5O.HI/c1-2-22-21(24-12-10-19-8-7-15-27-19)25-17-18-9-11-23-20(16-18)26-13-5-3-4-6-14-26;/h7-9,11,15-16H,2-6,10,12-14,17H2,1H3,(H2,22,24,25);1H. The largest absolute Gasteiger partial charge is 0.469 e. The van der Waals surface area contributed by atoms with Gasteiger partial charge < -0.3 is 20.0 Å². The Kier molecular flexibility index (Phi) is 10.2. The third kappa shape index (κ3) is 7.33. The summed E-state index contributed by atoms with van der Waals surface area (Å²) in [6, 6.07) is 8.14. The summed E-state index contributed by atoms with van der Waals surface area (Å²) >= 11 is 0. The molecule has 0 spiro atoms. The van der Waals surface area contributed by atoms with E-state index in [9.17, 15) is 0 Å². The maximum absolute atomic E-state index is 5.37. The normalized spacial score (nSPS) is 14.9. The SMILES string of the molecule is CCNC(=NCc1ccnc(N2CCCCCC2)c1)NCCc1ccco1.I. The minimum Gasteiger partial charge on any atom is -0.469 e. The molecule has 0 atom stereocenters. The van der Waals surface area contributed by atoms with Crippen molar-refractivity contribution in [2.24, 2.45) is 4.99 Å². The van der Waals surface area contributed by atoms with Crippen molar-refractivity contribution in [3.05, 3.63) is 48.0 Å². The van der Waals surface area contributed by atoms with E-state index in [-0.39, 0.29) is 24.0 Å². The molecule has 1 fully saturated rings. The summed E-state index contributed by atoms with van der Waals surface area (Å²) < 4.78 is 5.37. The van der Waals surface area contributed by atoms with Gasteiger partial charge in [0.05, 0.1) is 12.8 Å². The van der Waals surface area contributed by atoms with Gasteiger partial charge in [-0.2, -0.15) is 0 Å². The highest BCUT2D eigenvalue weighted by atomic mass is 127. The molecule has 2 aromatic heterocycles. The van der Waals surface area contributed by atoms with Gasteiger partial charge in [-0.1, -0.05) is 12.8 Å². The van der Waals surface area contributed by atoms with Crippen LogP contribution in [0.1, 0.15) is 43.9 Å². The highest BCUT2D eigenvalue weighted by molar-refractivity contribution is 14.0. The van der Waals surface area contributed by atoms with Crippen LogP contribution in [0.3, 0.4) is 0 Å². The summed E-state index contributed by atoms with van der Waals surface area (Å²) in [4.78, 5) is 11.7. The minimum absolute atomic E-state index is 0. The highest BCUT2D eigenvalue weighted by Crippen LogP contribution is 2.18. The first kappa shape index (κ1) is 22.5. The molecule has 0 bridgehead atoms. The zero-order valence-corrected chi connectivity index (χ0v) is 19.0. The quantitative estimate of drug-likeness (QED) is 0.345. The van der Waals surface area contributed by atoms with Crippen LogP contribution in [0, 0.1) is 0 Å². The second-order valence-electron chi connectivity index (χ2n) is 6.87. The van der Waals surface area contributed by atoms with Crippen LogP contribution in [0.2, 0.25) is 0 Å². The number of pyridine rings is 1. The van der Waals surface area contributed by atoms with Crippen molar-refractivity contribution in [2.75, 3.05) is 31.1 Å². The zero-order chi connectivity index (χ0) is 18.7. The van der Waals surface area contributed by atoms with Crippen LogP contribution in [0.4, 0.5) is 5.82 Å². The first-order valence-corrected chi connectivity index (χ1v) is 10.1. The molecule has 3 heterocycles. The van der Waals surface area contributed by atoms with Crippen molar-refractivity contribution in [3.63, 3.8) is 0 Å². The number of nitrogens with zero attached hydrogens (tertiary/aromatic N) is 3. The van der Waals surface area contributed by atoms with Crippen molar-refractivity contribution >= 4 is 35.8 Å². The van der Waals surface area contributed by atoms with Crippen LogP contribution in [0.25, 0.3) is 0 Å². The molecule has 1 saturated heterocycles. The lowest BCUT2D eigenvalue weighted by molar-refractivity contribution is 0.507. The van der Waals surface area contributed by atoms with E-state index in [2.05, 4.69) is 39.6 Å². The molecule has 154 valence electrons. The fourth-order valence-corrected chi connectivity index (χ4v) is 3.30. The molecule has 28 heavy (non-hydrogen) atoms. The van der Waals surface area contributed by atoms with E-state index in [1.54, 1.807) is 6.26 Å². The Hall–Kier alpha value is -1.77. The number of rotatable bonds is 7. The summed E-state index contributed by atoms with van der Waals surface area (Å²) in [6.45, 7) is 6.55. The third-order valence-corrected chi connectivity index (χ3v) is 4.75. The molecule has 0 saturated carbocycles. The van der Waals surface area contributed by atoms with E-state index >= 15 is 0 Å². The second-order valence-corrected chi connectivity index (χ2v) is 6.87. The maximum atomic E-state index is 5.37. The number of anilines is 1. The van der Waals surface area contributed by atoms with Crippen molar-refractivity contribution in [1.82, 2.24) is 15.6 Å². The van der Waals surface area contributed by atoms with Crippen LogP contribution in [-0.4, -0.2) is 37.1 Å². The fraction of sp³-hybridized carbons (Fsp3) is 0.524. The molecule has 0 unspecified atom stereocenters. The third-order valence-electron chi connectivity index (χ3n) is 4.75.